The lowest BCUT2D eigenvalue weighted by atomic mass is 9.95. The van der Waals surface area contributed by atoms with Crippen molar-refractivity contribution >= 4 is 11.7 Å². The lowest BCUT2D eigenvalue weighted by molar-refractivity contribution is 0.0736. The van der Waals surface area contributed by atoms with Crippen molar-refractivity contribution in [2.45, 2.75) is 57.0 Å². The van der Waals surface area contributed by atoms with E-state index in [0.29, 0.717) is 6.04 Å². The highest BCUT2D eigenvalue weighted by molar-refractivity contribution is 5.94. The van der Waals surface area contributed by atoms with Crippen LogP contribution in [0.4, 0.5) is 5.82 Å². The van der Waals surface area contributed by atoms with Crippen molar-refractivity contribution in [1.29, 1.82) is 0 Å². The largest absolute Gasteiger partial charge is 0.367 e. The number of hydrogen-bond donors (Lipinski definition) is 1. The number of amides is 1. The minimum absolute atomic E-state index is 0.113. The van der Waals surface area contributed by atoms with E-state index in [1.165, 1.54) is 37.7 Å². The van der Waals surface area contributed by atoms with Gasteiger partial charge in [0.1, 0.15) is 5.82 Å². The van der Waals surface area contributed by atoms with E-state index < -0.39 is 0 Å². The van der Waals surface area contributed by atoms with Crippen molar-refractivity contribution in [3.05, 3.63) is 59.8 Å². The molecule has 1 aliphatic carbocycles. The number of nitrogens with one attached hydrogen (secondary N) is 1. The molecule has 2 heterocycles. The van der Waals surface area contributed by atoms with Crippen LogP contribution >= 0.6 is 0 Å². The third-order valence-corrected chi connectivity index (χ3v) is 5.68. The summed E-state index contributed by atoms with van der Waals surface area (Å²) in [5.74, 6) is 1.10. The quantitative estimate of drug-likeness (QED) is 0.862. The van der Waals surface area contributed by atoms with Crippen LogP contribution in [-0.2, 0) is 0 Å². The van der Waals surface area contributed by atoms with Crippen molar-refractivity contribution in [1.82, 2.24) is 9.88 Å². The lowest BCUT2D eigenvalue weighted by Gasteiger charge is -2.29. The molecular formula is C22H27N3O. The molecule has 0 radical (unpaired) electrons. The summed E-state index contributed by atoms with van der Waals surface area (Å²) >= 11 is 0. The second-order valence-electron chi connectivity index (χ2n) is 7.44. The fourth-order valence-electron chi connectivity index (χ4n) is 4.33. The molecule has 136 valence electrons. The van der Waals surface area contributed by atoms with Crippen LogP contribution in [0.1, 0.15) is 66.9 Å². The number of anilines is 1. The number of carbonyl (C=O) groups is 1. The highest BCUT2D eigenvalue weighted by atomic mass is 16.2. The number of rotatable bonds is 4. The van der Waals surface area contributed by atoms with Gasteiger partial charge in [-0.1, -0.05) is 43.5 Å². The summed E-state index contributed by atoms with van der Waals surface area (Å²) in [7, 11) is 0. The summed E-state index contributed by atoms with van der Waals surface area (Å²) in [6, 6.07) is 14.4. The van der Waals surface area contributed by atoms with Crippen LogP contribution in [0.15, 0.2) is 48.7 Å². The molecule has 2 aliphatic rings. The number of benzene rings is 1. The molecule has 0 bridgehead atoms. The maximum atomic E-state index is 13.0. The van der Waals surface area contributed by atoms with Crippen molar-refractivity contribution in [2.24, 2.45) is 0 Å². The zero-order valence-corrected chi connectivity index (χ0v) is 15.2. The molecule has 4 heteroatoms. The molecule has 1 saturated heterocycles. The zero-order valence-electron chi connectivity index (χ0n) is 15.2. The first-order chi connectivity index (χ1) is 12.8. The predicted molar refractivity (Wildman–Crippen MR) is 104 cm³/mol. The van der Waals surface area contributed by atoms with Crippen LogP contribution in [0.3, 0.4) is 0 Å². The van der Waals surface area contributed by atoms with Crippen molar-refractivity contribution in [3.8, 4) is 0 Å². The van der Waals surface area contributed by atoms with E-state index in [2.05, 4.69) is 16.4 Å². The van der Waals surface area contributed by atoms with E-state index in [1.807, 2.05) is 47.5 Å². The van der Waals surface area contributed by atoms with E-state index >= 15 is 0 Å². The van der Waals surface area contributed by atoms with Crippen molar-refractivity contribution in [2.75, 3.05) is 11.9 Å². The Kier molecular flexibility index (Phi) is 5.19. The minimum atomic E-state index is 0.113. The molecule has 1 aromatic carbocycles. The summed E-state index contributed by atoms with van der Waals surface area (Å²) in [5.41, 5.74) is 1.94. The van der Waals surface area contributed by atoms with Gasteiger partial charge in [-0.05, 0) is 43.9 Å². The Balaban J connectivity index is 1.57. The Morgan fingerprint density at radius 2 is 1.77 bits per heavy atom. The number of likely N-dealkylation sites (tertiary alicyclic amines) is 1. The van der Waals surface area contributed by atoms with Gasteiger partial charge in [-0.15, -0.1) is 0 Å². The van der Waals surface area contributed by atoms with Gasteiger partial charge in [-0.3, -0.25) is 4.79 Å². The van der Waals surface area contributed by atoms with E-state index in [1.54, 1.807) is 0 Å². The Morgan fingerprint density at radius 1 is 0.962 bits per heavy atom. The number of nitrogens with zero attached hydrogens (tertiary/aromatic N) is 2. The van der Waals surface area contributed by atoms with E-state index in [-0.39, 0.29) is 11.9 Å². The first kappa shape index (κ1) is 17.1. The van der Waals surface area contributed by atoms with Gasteiger partial charge in [0, 0.05) is 29.9 Å². The van der Waals surface area contributed by atoms with Gasteiger partial charge in [-0.25, -0.2) is 4.98 Å². The molecule has 0 spiro atoms. The van der Waals surface area contributed by atoms with Gasteiger partial charge in [-0.2, -0.15) is 0 Å². The Hall–Kier alpha value is -2.36. The molecule has 1 aromatic heterocycles. The fourth-order valence-corrected chi connectivity index (χ4v) is 4.33. The predicted octanol–water partition coefficient (Wildman–Crippen LogP) is 4.80. The molecule has 4 nitrogen and oxygen atoms in total. The van der Waals surface area contributed by atoms with Gasteiger partial charge in [0.2, 0.25) is 0 Å². The number of carbonyl (C=O) groups excluding carboxylic acids is 1. The number of pyridine rings is 1. The van der Waals surface area contributed by atoms with E-state index in [4.69, 9.17) is 0 Å². The average molecular weight is 349 g/mol. The summed E-state index contributed by atoms with van der Waals surface area (Å²) < 4.78 is 0. The normalized spacial score (nSPS) is 20.9. The monoisotopic (exact) mass is 349 g/mol. The molecule has 1 atom stereocenters. The molecular weight excluding hydrogens is 322 g/mol. The molecule has 1 amide bonds. The van der Waals surface area contributed by atoms with Crippen LogP contribution in [-0.4, -0.2) is 28.4 Å². The summed E-state index contributed by atoms with van der Waals surface area (Å²) in [6.07, 6.45) is 10.3. The summed E-state index contributed by atoms with van der Waals surface area (Å²) in [6.45, 7) is 0.816. The summed E-state index contributed by atoms with van der Waals surface area (Å²) in [4.78, 5) is 19.7. The number of hydrogen-bond acceptors (Lipinski definition) is 3. The molecule has 1 N–H and O–H groups in total. The zero-order chi connectivity index (χ0) is 17.8. The molecule has 2 fully saturated rings. The average Bonchev–Trinajstić information content (AvgIpc) is 3.19. The molecule has 2 aromatic rings. The lowest BCUT2D eigenvalue weighted by Crippen LogP contribution is -2.31. The van der Waals surface area contributed by atoms with Gasteiger partial charge >= 0.3 is 0 Å². The van der Waals surface area contributed by atoms with Crippen LogP contribution in [0.25, 0.3) is 0 Å². The first-order valence-electron chi connectivity index (χ1n) is 9.90. The van der Waals surface area contributed by atoms with Gasteiger partial charge in [0.05, 0.1) is 6.04 Å². The first-order valence-corrected chi connectivity index (χ1v) is 9.90. The van der Waals surface area contributed by atoms with E-state index in [9.17, 15) is 4.79 Å². The maximum absolute atomic E-state index is 13.0. The summed E-state index contributed by atoms with van der Waals surface area (Å²) in [5, 5.41) is 3.68. The minimum Gasteiger partial charge on any atom is -0.367 e. The Labute approximate surface area is 155 Å². The molecule has 1 saturated carbocycles. The van der Waals surface area contributed by atoms with Crippen LogP contribution in [0.5, 0.6) is 0 Å². The molecule has 4 rings (SSSR count). The third kappa shape index (κ3) is 3.59. The SMILES string of the molecule is O=C(c1ccccc1)N1CCC[C@H]1c1cccnc1NC1CCCCC1. The highest BCUT2D eigenvalue weighted by Crippen LogP contribution is 2.36. The fraction of sp³-hybridized carbons (Fsp3) is 0.455. The topological polar surface area (TPSA) is 45.2 Å². The third-order valence-electron chi connectivity index (χ3n) is 5.68. The number of aromatic nitrogens is 1. The molecule has 0 unspecified atom stereocenters. The second-order valence-corrected chi connectivity index (χ2v) is 7.44. The smallest absolute Gasteiger partial charge is 0.254 e. The van der Waals surface area contributed by atoms with Crippen molar-refractivity contribution < 1.29 is 4.79 Å². The van der Waals surface area contributed by atoms with Crippen LogP contribution in [0, 0.1) is 0 Å². The van der Waals surface area contributed by atoms with Crippen LogP contribution in [0.2, 0.25) is 0 Å². The van der Waals surface area contributed by atoms with E-state index in [0.717, 1.165) is 30.8 Å². The highest BCUT2D eigenvalue weighted by Gasteiger charge is 2.32. The Morgan fingerprint density at radius 3 is 2.58 bits per heavy atom. The molecule has 26 heavy (non-hydrogen) atoms. The van der Waals surface area contributed by atoms with Gasteiger partial charge < -0.3 is 10.2 Å². The standard InChI is InChI=1S/C22H27N3O/c26-22(17-9-3-1-4-10-17)25-16-8-14-20(25)19-13-7-15-23-21(19)24-18-11-5-2-6-12-18/h1,3-4,7,9-10,13,15,18,20H,2,5-6,8,11-12,14,16H2,(H,23,24)/t20-/m0/s1. The van der Waals surface area contributed by atoms with Gasteiger partial charge in [0.25, 0.3) is 5.91 Å². The van der Waals surface area contributed by atoms with Crippen molar-refractivity contribution in [3.63, 3.8) is 0 Å². The second kappa shape index (κ2) is 7.90. The Bertz CT molecular complexity index is 740. The molecule has 1 aliphatic heterocycles. The van der Waals surface area contributed by atoms with Gasteiger partial charge in [0.15, 0.2) is 0 Å². The van der Waals surface area contributed by atoms with Crippen LogP contribution < -0.4 is 5.32 Å². The maximum Gasteiger partial charge on any atom is 0.254 e.